The molecule has 0 saturated carbocycles. The molecule has 1 N–H and O–H groups in total. The predicted molar refractivity (Wildman–Crippen MR) is 130 cm³/mol. The Hall–Kier alpha value is -4.46. The van der Waals surface area contributed by atoms with Gasteiger partial charge in [0.25, 0.3) is 11.7 Å². The summed E-state index contributed by atoms with van der Waals surface area (Å²) in [5.41, 5.74) is 1.29. The molecule has 0 bridgehead atoms. The van der Waals surface area contributed by atoms with Crippen LogP contribution < -0.4 is 23.8 Å². The van der Waals surface area contributed by atoms with E-state index >= 15 is 0 Å². The molecule has 35 heavy (non-hydrogen) atoms. The molecule has 0 aromatic heterocycles. The molecular weight excluding hydrogens is 450 g/mol. The van der Waals surface area contributed by atoms with E-state index in [1.807, 2.05) is 0 Å². The van der Waals surface area contributed by atoms with Gasteiger partial charge in [-0.15, -0.1) is 0 Å². The molecule has 0 spiro atoms. The quantitative estimate of drug-likeness (QED) is 0.308. The lowest BCUT2D eigenvalue weighted by Gasteiger charge is -2.27. The van der Waals surface area contributed by atoms with Gasteiger partial charge < -0.3 is 24.1 Å². The summed E-state index contributed by atoms with van der Waals surface area (Å²) in [5.74, 6) is 0.253. The molecule has 3 aromatic rings. The van der Waals surface area contributed by atoms with E-state index in [1.165, 1.54) is 33.3 Å². The van der Waals surface area contributed by atoms with Gasteiger partial charge in [-0.2, -0.15) is 0 Å². The molecule has 1 aliphatic heterocycles. The minimum absolute atomic E-state index is 0.0561. The number of ether oxygens (including phenoxy) is 4. The molecule has 1 aliphatic rings. The summed E-state index contributed by atoms with van der Waals surface area (Å²) >= 11 is 0. The van der Waals surface area contributed by atoms with E-state index in [4.69, 9.17) is 18.9 Å². The number of ketones is 1. The smallest absolute Gasteiger partial charge is 0.300 e. The van der Waals surface area contributed by atoms with Crippen LogP contribution in [-0.2, 0) is 9.59 Å². The van der Waals surface area contributed by atoms with Crippen LogP contribution in [0.1, 0.15) is 17.2 Å². The normalized spacial score (nSPS) is 16.8. The van der Waals surface area contributed by atoms with E-state index in [0.29, 0.717) is 39.8 Å². The lowest BCUT2D eigenvalue weighted by molar-refractivity contribution is -0.132. The number of hydrogen-bond acceptors (Lipinski definition) is 7. The van der Waals surface area contributed by atoms with E-state index in [-0.39, 0.29) is 11.3 Å². The lowest BCUT2D eigenvalue weighted by atomic mass is 9.94. The van der Waals surface area contributed by atoms with E-state index in [0.717, 1.165) is 0 Å². The number of carbonyl (C=O) groups is 2. The van der Waals surface area contributed by atoms with Crippen molar-refractivity contribution in [1.82, 2.24) is 0 Å². The highest BCUT2D eigenvalue weighted by Gasteiger charge is 2.48. The summed E-state index contributed by atoms with van der Waals surface area (Å²) in [6.45, 7) is 0. The summed E-state index contributed by atoms with van der Waals surface area (Å²) in [5, 5.41) is 11.3. The number of nitrogens with zero attached hydrogens (tertiary/aromatic N) is 1. The average Bonchev–Trinajstić information content (AvgIpc) is 3.17. The van der Waals surface area contributed by atoms with Crippen molar-refractivity contribution in [3.8, 4) is 23.0 Å². The summed E-state index contributed by atoms with van der Waals surface area (Å²) < 4.78 is 21.3. The fourth-order valence-electron chi connectivity index (χ4n) is 4.08. The van der Waals surface area contributed by atoms with E-state index in [9.17, 15) is 14.7 Å². The molecule has 1 unspecified atom stereocenters. The number of carbonyl (C=O) groups excluding carboxylic acids is 2. The van der Waals surface area contributed by atoms with Crippen molar-refractivity contribution >= 4 is 23.1 Å². The summed E-state index contributed by atoms with van der Waals surface area (Å²) in [6.07, 6.45) is 0. The molecule has 1 atom stereocenters. The molecule has 0 radical (unpaired) electrons. The number of aliphatic hydroxyl groups excluding tert-OH is 1. The van der Waals surface area contributed by atoms with Crippen LogP contribution in [0.15, 0.2) is 72.3 Å². The maximum absolute atomic E-state index is 13.3. The topological polar surface area (TPSA) is 94.5 Å². The van der Waals surface area contributed by atoms with Crippen LogP contribution in [0, 0.1) is 0 Å². The van der Waals surface area contributed by atoms with Gasteiger partial charge in [0.2, 0.25) is 0 Å². The second kappa shape index (κ2) is 9.80. The van der Waals surface area contributed by atoms with Gasteiger partial charge in [0, 0.05) is 22.9 Å². The molecule has 8 heteroatoms. The molecular formula is C27H25NO7. The molecule has 0 aliphatic carbocycles. The van der Waals surface area contributed by atoms with Gasteiger partial charge in [-0.1, -0.05) is 0 Å². The Morgan fingerprint density at radius 2 is 1.29 bits per heavy atom. The zero-order valence-corrected chi connectivity index (χ0v) is 19.8. The molecule has 1 heterocycles. The number of Topliss-reactive ketones (excluding diaryl/α,β-unsaturated/α-hetero) is 1. The minimum Gasteiger partial charge on any atom is -0.507 e. The monoisotopic (exact) mass is 475 g/mol. The molecule has 3 aromatic carbocycles. The van der Waals surface area contributed by atoms with Gasteiger partial charge in [-0.25, -0.2) is 0 Å². The maximum atomic E-state index is 13.3. The summed E-state index contributed by atoms with van der Waals surface area (Å²) in [4.78, 5) is 28.0. The maximum Gasteiger partial charge on any atom is 0.300 e. The number of rotatable bonds is 7. The van der Waals surface area contributed by atoms with Crippen LogP contribution >= 0.6 is 0 Å². The molecule has 1 amide bonds. The molecule has 8 nitrogen and oxygen atoms in total. The second-order valence-corrected chi connectivity index (χ2v) is 7.70. The minimum atomic E-state index is -0.952. The lowest BCUT2D eigenvalue weighted by Crippen LogP contribution is -2.29. The van der Waals surface area contributed by atoms with E-state index in [2.05, 4.69) is 0 Å². The standard InChI is InChI=1S/C27H25NO7/c1-32-18-9-5-16(6-10-18)25(29)23-24(21-14-13-20(34-3)15-22(21)35-4)28(27(31)26(23)30)17-7-11-19(33-2)12-8-17/h5-15,24,29H,1-4H3/b25-23-. The van der Waals surface area contributed by atoms with Crippen molar-refractivity contribution < 1.29 is 33.6 Å². The fraction of sp³-hybridized carbons (Fsp3) is 0.185. The predicted octanol–water partition coefficient (Wildman–Crippen LogP) is 4.35. The first-order valence-corrected chi connectivity index (χ1v) is 10.7. The van der Waals surface area contributed by atoms with Crippen LogP contribution in [0.3, 0.4) is 0 Å². The highest BCUT2D eigenvalue weighted by atomic mass is 16.5. The molecule has 1 saturated heterocycles. The first-order valence-electron chi connectivity index (χ1n) is 10.7. The Bertz CT molecular complexity index is 1280. The van der Waals surface area contributed by atoms with Crippen LogP contribution in [0.2, 0.25) is 0 Å². The van der Waals surface area contributed by atoms with E-state index in [1.54, 1.807) is 66.7 Å². The van der Waals surface area contributed by atoms with Gasteiger partial charge in [0.05, 0.1) is 40.1 Å². The molecule has 180 valence electrons. The number of methoxy groups -OCH3 is 4. The van der Waals surface area contributed by atoms with Crippen molar-refractivity contribution in [3.05, 3.63) is 83.4 Å². The van der Waals surface area contributed by atoms with Gasteiger partial charge in [-0.05, 0) is 60.7 Å². The van der Waals surface area contributed by atoms with Crippen molar-refractivity contribution in [2.75, 3.05) is 33.3 Å². The average molecular weight is 475 g/mol. The Balaban J connectivity index is 1.95. The fourth-order valence-corrected chi connectivity index (χ4v) is 4.08. The Morgan fingerprint density at radius 3 is 1.83 bits per heavy atom. The Labute approximate surface area is 202 Å². The summed E-state index contributed by atoms with van der Waals surface area (Å²) in [6, 6.07) is 17.5. The number of anilines is 1. The largest absolute Gasteiger partial charge is 0.507 e. The van der Waals surface area contributed by atoms with Gasteiger partial charge in [0.1, 0.15) is 28.8 Å². The van der Waals surface area contributed by atoms with E-state index < -0.39 is 17.7 Å². The number of aliphatic hydroxyl groups is 1. The Kier molecular flexibility index (Phi) is 6.64. The number of benzene rings is 3. The number of amides is 1. The number of hydrogen-bond donors (Lipinski definition) is 1. The van der Waals surface area contributed by atoms with Crippen molar-refractivity contribution in [1.29, 1.82) is 0 Å². The van der Waals surface area contributed by atoms with Crippen LogP contribution in [0.25, 0.3) is 5.76 Å². The third kappa shape index (κ3) is 4.26. The zero-order chi connectivity index (χ0) is 25.1. The first kappa shape index (κ1) is 23.7. The van der Waals surface area contributed by atoms with Crippen LogP contribution in [-0.4, -0.2) is 45.2 Å². The third-order valence-corrected chi connectivity index (χ3v) is 5.89. The van der Waals surface area contributed by atoms with Gasteiger partial charge in [0.15, 0.2) is 0 Å². The van der Waals surface area contributed by atoms with Crippen molar-refractivity contribution in [3.63, 3.8) is 0 Å². The Morgan fingerprint density at radius 1 is 0.743 bits per heavy atom. The zero-order valence-electron chi connectivity index (χ0n) is 19.8. The molecule has 1 fully saturated rings. The van der Waals surface area contributed by atoms with Gasteiger partial charge in [-0.3, -0.25) is 14.5 Å². The third-order valence-electron chi connectivity index (χ3n) is 5.89. The summed E-state index contributed by atoms with van der Waals surface area (Å²) in [7, 11) is 6.09. The van der Waals surface area contributed by atoms with Crippen LogP contribution in [0.5, 0.6) is 23.0 Å². The highest BCUT2D eigenvalue weighted by molar-refractivity contribution is 6.51. The SMILES string of the molecule is COc1ccc(/C(O)=C2/C(=O)C(=O)N(c3ccc(OC)cc3)C2c2ccc(OC)cc2OC)cc1. The van der Waals surface area contributed by atoms with Crippen molar-refractivity contribution in [2.45, 2.75) is 6.04 Å². The van der Waals surface area contributed by atoms with Crippen molar-refractivity contribution in [2.24, 2.45) is 0 Å². The first-order chi connectivity index (χ1) is 16.9. The second-order valence-electron chi connectivity index (χ2n) is 7.70. The van der Waals surface area contributed by atoms with Gasteiger partial charge >= 0.3 is 0 Å². The highest BCUT2D eigenvalue weighted by Crippen LogP contribution is 2.46. The van der Waals surface area contributed by atoms with Crippen LogP contribution in [0.4, 0.5) is 5.69 Å². The molecule has 4 rings (SSSR count).